The van der Waals surface area contributed by atoms with Crippen molar-refractivity contribution >= 4 is 17.7 Å². The number of halogens is 1. The van der Waals surface area contributed by atoms with Crippen LogP contribution in [0.1, 0.15) is 11.1 Å². The molecule has 0 radical (unpaired) electrons. The highest BCUT2D eigenvalue weighted by molar-refractivity contribution is 8.00. The van der Waals surface area contributed by atoms with Gasteiger partial charge < -0.3 is 5.32 Å². The molecule has 0 aliphatic heterocycles. The Bertz CT molecular complexity index is 839. The molecule has 25 heavy (non-hydrogen) atoms. The molecule has 0 aliphatic carbocycles. The van der Waals surface area contributed by atoms with Crippen molar-refractivity contribution in [3.63, 3.8) is 0 Å². The number of benzene rings is 2. The minimum atomic E-state index is -0.305. The standard InChI is InChI=1S/C18H17FN4OS/c19-16-6-1-2-7-17(16)25-11-18(24)21-9-14-4-3-5-15(8-14)10-23-13-20-12-22-23/h1-8,12-13H,9-11H2,(H,21,24). The molecule has 0 fully saturated rings. The number of rotatable bonds is 7. The number of nitrogens with one attached hydrogen (secondary N) is 1. The van der Waals surface area contributed by atoms with Crippen molar-refractivity contribution in [2.45, 2.75) is 18.0 Å². The second-order valence-corrected chi connectivity index (χ2v) is 6.43. The van der Waals surface area contributed by atoms with Crippen LogP contribution in [0.15, 0.2) is 66.1 Å². The van der Waals surface area contributed by atoms with Crippen molar-refractivity contribution in [3.8, 4) is 0 Å². The summed E-state index contributed by atoms with van der Waals surface area (Å²) >= 11 is 1.19. The third-order valence-corrected chi connectivity index (χ3v) is 4.54. The predicted octanol–water partition coefficient (Wildman–Crippen LogP) is 2.87. The van der Waals surface area contributed by atoms with Gasteiger partial charge in [0.1, 0.15) is 18.5 Å². The van der Waals surface area contributed by atoms with Crippen LogP contribution in [0, 0.1) is 5.82 Å². The van der Waals surface area contributed by atoms with E-state index in [-0.39, 0.29) is 17.5 Å². The van der Waals surface area contributed by atoms with E-state index in [1.165, 1.54) is 24.2 Å². The van der Waals surface area contributed by atoms with Gasteiger partial charge in [0.15, 0.2) is 0 Å². The fourth-order valence-electron chi connectivity index (χ4n) is 2.30. The first-order valence-corrected chi connectivity index (χ1v) is 8.73. The molecule has 0 saturated carbocycles. The van der Waals surface area contributed by atoms with Gasteiger partial charge in [-0.2, -0.15) is 5.10 Å². The van der Waals surface area contributed by atoms with Crippen molar-refractivity contribution in [2.24, 2.45) is 0 Å². The summed E-state index contributed by atoms with van der Waals surface area (Å²) in [5.41, 5.74) is 2.08. The van der Waals surface area contributed by atoms with E-state index >= 15 is 0 Å². The molecule has 1 amide bonds. The van der Waals surface area contributed by atoms with Crippen molar-refractivity contribution < 1.29 is 9.18 Å². The van der Waals surface area contributed by atoms with Crippen LogP contribution in [0.3, 0.4) is 0 Å². The van der Waals surface area contributed by atoms with E-state index in [1.54, 1.807) is 29.2 Å². The van der Waals surface area contributed by atoms with E-state index < -0.39 is 0 Å². The summed E-state index contributed by atoms with van der Waals surface area (Å²) in [6.07, 6.45) is 3.16. The van der Waals surface area contributed by atoms with E-state index in [1.807, 2.05) is 24.3 Å². The van der Waals surface area contributed by atoms with Crippen molar-refractivity contribution in [3.05, 3.63) is 78.1 Å². The number of carbonyl (C=O) groups is 1. The Balaban J connectivity index is 1.49. The van der Waals surface area contributed by atoms with Gasteiger partial charge in [-0.15, -0.1) is 11.8 Å². The summed E-state index contributed by atoms with van der Waals surface area (Å²) in [6, 6.07) is 14.4. The average molecular weight is 356 g/mol. The highest BCUT2D eigenvalue weighted by Crippen LogP contribution is 2.20. The zero-order valence-electron chi connectivity index (χ0n) is 13.4. The monoisotopic (exact) mass is 356 g/mol. The minimum Gasteiger partial charge on any atom is -0.351 e. The third-order valence-electron chi connectivity index (χ3n) is 3.49. The van der Waals surface area contributed by atoms with Crippen LogP contribution >= 0.6 is 11.8 Å². The number of thioether (sulfide) groups is 1. The number of nitrogens with zero attached hydrogens (tertiary/aromatic N) is 3. The van der Waals surface area contributed by atoms with Gasteiger partial charge in [-0.05, 0) is 23.3 Å². The van der Waals surface area contributed by atoms with Crippen LogP contribution < -0.4 is 5.32 Å². The Kier molecular flexibility index (Phi) is 5.79. The van der Waals surface area contributed by atoms with Crippen molar-refractivity contribution in [2.75, 3.05) is 5.75 Å². The van der Waals surface area contributed by atoms with Gasteiger partial charge in [0, 0.05) is 11.4 Å². The quantitative estimate of drug-likeness (QED) is 0.662. The molecule has 0 spiro atoms. The highest BCUT2D eigenvalue weighted by Gasteiger charge is 2.06. The number of hydrogen-bond acceptors (Lipinski definition) is 4. The fourth-order valence-corrected chi connectivity index (χ4v) is 3.07. The summed E-state index contributed by atoms with van der Waals surface area (Å²) < 4.78 is 15.3. The van der Waals surface area contributed by atoms with Crippen LogP contribution in [-0.2, 0) is 17.9 Å². The second-order valence-electron chi connectivity index (χ2n) is 5.41. The first-order valence-electron chi connectivity index (χ1n) is 7.75. The van der Waals surface area contributed by atoms with E-state index in [0.717, 1.165) is 11.1 Å². The van der Waals surface area contributed by atoms with Crippen LogP contribution in [0.2, 0.25) is 0 Å². The lowest BCUT2D eigenvalue weighted by Crippen LogP contribution is -2.24. The zero-order chi connectivity index (χ0) is 17.5. The van der Waals surface area contributed by atoms with Crippen molar-refractivity contribution in [1.82, 2.24) is 20.1 Å². The number of hydrogen-bond donors (Lipinski definition) is 1. The SMILES string of the molecule is O=C(CSc1ccccc1F)NCc1cccc(Cn2cncn2)c1. The first-order chi connectivity index (χ1) is 12.2. The molecule has 0 bridgehead atoms. The summed E-state index contributed by atoms with van der Waals surface area (Å²) in [4.78, 5) is 16.4. The van der Waals surface area contributed by atoms with Gasteiger partial charge in [-0.3, -0.25) is 4.79 Å². The molecule has 0 unspecified atom stereocenters. The molecule has 7 heteroatoms. The Morgan fingerprint density at radius 3 is 2.80 bits per heavy atom. The van der Waals surface area contributed by atoms with E-state index in [9.17, 15) is 9.18 Å². The maximum Gasteiger partial charge on any atom is 0.230 e. The molecule has 1 heterocycles. The molecule has 2 aromatic carbocycles. The van der Waals surface area contributed by atoms with E-state index in [4.69, 9.17) is 0 Å². The van der Waals surface area contributed by atoms with Gasteiger partial charge in [-0.1, -0.05) is 36.4 Å². The normalized spacial score (nSPS) is 10.6. The lowest BCUT2D eigenvalue weighted by molar-refractivity contribution is -0.118. The average Bonchev–Trinajstić information content (AvgIpc) is 3.12. The van der Waals surface area contributed by atoms with Gasteiger partial charge >= 0.3 is 0 Å². The van der Waals surface area contributed by atoms with Crippen LogP contribution in [0.5, 0.6) is 0 Å². The van der Waals surface area contributed by atoms with Gasteiger partial charge in [0.2, 0.25) is 5.91 Å². The largest absolute Gasteiger partial charge is 0.351 e. The lowest BCUT2D eigenvalue weighted by atomic mass is 10.1. The molecular formula is C18H17FN4OS. The van der Waals surface area contributed by atoms with Gasteiger partial charge in [-0.25, -0.2) is 14.1 Å². The Morgan fingerprint density at radius 2 is 2.00 bits per heavy atom. The predicted molar refractivity (Wildman–Crippen MR) is 94.5 cm³/mol. The maximum atomic E-state index is 13.5. The third kappa shape index (κ3) is 5.15. The molecule has 128 valence electrons. The molecule has 0 atom stereocenters. The smallest absolute Gasteiger partial charge is 0.230 e. The summed E-state index contributed by atoms with van der Waals surface area (Å²) in [7, 11) is 0. The molecule has 1 N–H and O–H groups in total. The molecule has 0 aliphatic rings. The molecular weight excluding hydrogens is 339 g/mol. The Morgan fingerprint density at radius 1 is 1.16 bits per heavy atom. The second kappa shape index (κ2) is 8.43. The van der Waals surface area contributed by atoms with Crippen molar-refractivity contribution in [1.29, 1.82) is 0 Å². The number of amides is 1. The number of carbonyl (C=O) groups excluding carboxylic acids is 1. The molecule has 1 aromatic heterocycles. The Labute approximate surface area is 149 Å². The molecule has 0 saturated heterocycles. The van der Waals surface area contributed by atoms with Gasteiger partial charge in [0.25, 0.3) is 0 Å². The lowest BCUT2D eigenvalue weighted by Gasteiger charge is -2.08. The zero-order valence-corrected chi connectivity index (χ0v) is 14.2. The number of aromatic nitrogens is 3. The fraction of sp³-hybridized carbons (Fsp3) is 0.167. The van der Waals surface area contributed by atoms with Crippen LogP contribution in [0.4, 0.5) is 4.39 Å². The molecule has 5 nitrogen and oxygen atoms in total. The summed E-state index contributed by atoms with van der Waals surface area (Å²) in [5, 5.41) is 6.94. The van der Waals surface area contributed by atoms with Crippen LogP contribution in [-0.4, -0.2) is 26.4 Å². The maximum absolute atomic E-state index is 13.5. The highest BCUT2D eigenvalue weighted by atomic mass is 32.2. The van der Waals surface area contributed by atoms with Crippen LogP contribution in [0.25, 0.3) is 0 Å². The van der Waals surface area contributed by atoms with E-state index in [2.05, 4.69) is 15.4 Å². The first kappa shape index (κ1) is 17.2. The topological polar surface area (TPSA) is 59.8 Å². The molecule has 3 aromatic rings. The van der Waals surface area contributed by atoms with Gasteiger partial charge in [0.05, 0.1) is 12.3 Å². The molecule has 3 rings (SSSR count). The van der Waals surface area contributed by atoms with E-state index in [0.29, 0.717) is 18.0 Å². The Hall–Kier alpha value is -2.67. The summed E-state index contributed by atoms with van der Waals surface area (Å²) in [5.74, 6) is -0.254. The minimum absolute atomic E-state index is 0.130. The summed E-state index contributed by atoms with van der Waals surface area (Å²) in [6.45, 7) is 1.06.